The van der Waals surface area contributed by atoms with Gasteiger partial charge in [-0.15, -0.1) is 10.2 Å². The average Bonchev–Trinajstić information content (AvgIpc) is 3.23. The van der Waals surface area contributed by atoms with Gasteiger partial charge in [0.15, 0.2) is 0 Å². The molecule has 26 heavy (non-hydrogen) atoms. The first-order chi connectivity index (χ1) is 12.8. The lowest BCUT2D eigenvalue weighted by Crippen LogP contribution is -1.93. The molecule has 2 heterocycles. The molecule has 7 heteroatoms. The fourth-order valence-corrected chi connectivity index (χ4v) is 2.57. The van der Waals surface area contributed by atoms with Crippen molar-refractivity contribution < 1.29 is 0 Å². The fourth-order valence-electron chi connectivity index (χ4n) is 2.57. The maximum absolute atomic E-state index is 9.17. The SMILES string of the molecule is N#CC(=CNc1ccc(-c2cnc3ccccc3c2)cc1)c1nn[nH]n1. The minimum absolute atomic E-state index is 0.249. The quantitative estimate of drug-likeness (QED) is 0.552. The number of hydrogen-bond donors (Lipinski definition) is 2. The number of nitrogens with zero attached hydrogens (tertiary/aromatic N) is 5. The van der Waals surface area contributed by atoms with Gasteiger partial charge in [0, 0.05) is 29.0 Å². The van der Waals surface area contributed by atoms with Crippen LogP contribution in [-0.2, 0) is 0 Å². The maximum Gasteiger partial charge on any atom is 0.216 e. The molecule has 2 aromatic heterocycles. The molecular weight excluding hydrogens is 326 g/mol. The van der Waals surface area contributed by atoms with Crippen LogP contribution in [0, 0.1) is 11.3 Å². The number of rotatable bonds is 4. The second-order valence-corrected chi connectivity index (χ2v) is 5.54. The zero-order chi connectivity index (χ0) is 17.8. The molecule has 0 spiro atoms. The summed E-state index contributed by atoms with van der Waals surface area (Å²) in [7, 11) is 0. The van der Waals surface area contributed by atoms with Crippen LogP contribution in [-0.4, -0.2) is 25.6 Å². The largest absolute Gasteiger partial charge is 0.360 e. The molecule has 124 valence electrons. The number of H-pyrrole nitrogens is 1. The molecule has 0 bridgehead atoms. The number of anilines is 1. The van der Waals surface area contributed by atoms with Crippen molar-refractivity contribution >= 4 is 22.2 Å². The smallest absolute Gasteiger partial charge is 0.216 e. The van der Waals surface area contributed by atoms with Crippen LogP contribution in [0.2, 0.25) is 0 Å². The Kier molecular flexibility index (Phi) is 4.06. The van der Waals surface area contributed by atoms with Crippen LogP contribution in [0.5, 0.6) is 0 Å². The third kappa shape index (κ3) is 3.12. The van der Waals surface area contributed by atoms with Crippen molar-refractivity contribution in [1.82, 2.24) is 25.6 Å². The van der Waals surface area contributed by atoms with Gasteiger partial charge in [-0.05, 0) is 35.0 Å². The monoisotopic (exact) mass is 339 g/mol. The Morgan fingerprint density at radius 2 is 1.92 bits per heavy atom. The standard InChI is InChI=1S/C19H13N7/c20-10-16(19-23-25-26-24-19)12-21-17-7-5-13(6-8-17)15-9-14-3-1-2-4-18(14)22-11-15/h1-9,11-12,21H,(H,23,24,25,26). The molecule has 0 fully saturated rings. The van der Waals surface area contributed by atoms with Crippen LogP contribution < -0.4 is 5.32 Å². The van der Waals surface area contributed by atoms with Gasteiger partial charge in [0.05, 0.1) is 5.52 Å². The number of pyridine rings is 1. The Morgan fingerprint density at radius 3 is 2.69 bits per heavy atom. The maximum atomic E-state index is 9.17. The minimum atomic E-state index is 0.249. The van der Waals surface area contributed by atoms with Gasteiger partial charge < -0.3 is 5.32 Å². The van der Waals surface area contributed by atoms with Crippen LogP contribution in [0.1, 0.15) is 5.82 Å². The number of aromatic nitrogens is 5. The van der Waals surface area contributed by atoms with Crippen LogP contribution in [0.25, 0.3) is 27.6 Å². The molecule has 0 amide bonds. The summed E-state index contributed by atoms with van der Waals surface area (Å²) in [4.78, 5) is 4.50. The number of fused-ring (bicyclic) bond motifs is 1. The summed E-state index contributed by atoms with van der Waals surface area (Å²) in [5.74, 6) is 0.249. The van der Waals surface area contributed by atoms with Crippen molar-refractivity contribution in [3.05, 3.63) is 72.8 Å². The molecule has 0 radical (unpaired) electrons. The van der Waals surface area contributed by atoms with Crippen LogP contribution in [0.4, 0.5) is 5.69 Å². The van der Waals surface area contributed by atoms with Crippen molar-refractivity contribution in [2.45, 2.75) is 0 Å². The van der Waals surface area contributed by atoms with Crippen LogP contribution in [0.3, 0.4) is 0 Å². The van der Waals surface area contributed by atoms with E-state index >= 15 is 0 Å². The van der Waals surface area contributed by atoms with Gasteiger partial charge in [0.1, 0.15) is 11.6 Å². The number of nitrogens with one attached hydrogen (secondary N) is 2. The van der Waals surface area contributed by atoms with E-state index in [1.165, 1.54) is 0 Å². The molecule has 0 unspecified atom stereocenters. The van der Waals surface area contributed by atoms with E-state index in [2.05, 4.69) is 37.0 Å². The fraction of sp³-hybridized carbons (Fsp3) is 0. The van der Waals surface area contributed by atoms with Gasteiger partial charge in [-0.25, -0.2) is 0 Å². The number of hydrogen-bond acceptors (Lipinski definition) is 6. The zero-order valence-corrected chi connectivity index (χ0v) is 13.6. The van der Waals surface area contributed by atoms with Gasteiger partial charge in [-0.3, -0.25) is 4.98 Å². The molecular formula is C19H13N7. The predicted octanol–water partition coefficient (Wildman–Crippen LogP) is 3.39. The number of para-hydroxylation sites is 1. The van der Waals surface area contributed by atoms with Gasteiger partial charge >= 0.3 is 0 Å². The van der Waals surface area contributed by atoms with Crippen molar-refractivity contribution in [3.8, 4) is 17.2 Å². The first-order valence-electron chi connectivity index (χ1n) is 7.89. The Bertz CT molecular complexity index is 1110. The van der Waals surface area contributed by atoms with Crippen molar-refractivity contribution in [2.24, 2.45) is 0 Å². The molecule has 2 aromatic carbocycles. The first kappa shape index (κ1) is 15.5. The average molecular weight is 339 g/mol. The topological polar surface area (TPSA) is 103 Å². The molecule has 0 aliphatic heterocycles. The summed E-state index contributed by atoms with van der Waals surface area (Å²) in [5, 5.41) is 26.7. The summed E-state index contributed by atoms with van der Waals surface area (Å²) in [6, 6.07) is 20.1. The first-order valence-corrected chi connectivity index (χ1v) is 7.89. The lowest BCUT2D eigenvalue weighted by molar-refractivity contribution is 0.881. The molecule has 0 saturated carbocycles. The van der Waals surface area contributed by atoms with E-state index in [1.54, 1.807) is 6.20 Å². The highest BCUT2D eigenvalue weighted by Crippen LogP contribution is 2.24. The number of benzene rings is 2. The molecule has 4 aromatic rings. The van der Waals surface area contributed by atoms with E-state index in [0.29, 0.717) is 5.57 Å². The lowest BCUT2D eigenvalue weighted by Gasteiger charge is -2.06. The normalized spacial score (nSPS) is 11.3. The van der Waals surface area contributed by atoms with Crippen LogP contribution in [0.15, 0.2) is 67.0 Å². The van der Waals surface area contributed by atoms with Crippen LogP contribution >= 0.6 is 0 Å². The second-order valence-electron chi connectivity index (χ2n) is 5.54. The second kappa shape index (κ2) is 6.83. The van der Waals surface area contributed by atoms with E-state index in [0.717, 1.165) is 27.7 Å². The highest BCUT2D eigenvalue weighted by molar-refractivity contribution is 5.83. The number of tetrazole rings is 1. The van der Waals surface area contributed by atoms with E-state index in [-0.39, 0.29) is 5.82 Å². The molecule has 2 N–H and O–H groups in total. The van der Waals surface area contributed by atoms with Gasteiger partial charge in [-0.2, -0.15) is 10.5 Å². The predicted molar refractivity (Wildman–Crippen MR) is 98.6 cm³/mol. The highest BCUT2D eigenvalue weighted by atomic mass is 15.5. The number of allylic oxidation sites excluding steroid dienone is 1. The summed E-state index contributed by atoms with van der Waals surface area (Å²) in [6.45, 7) is 0. The Labute approximate surface area is 149 Å². The van der Waals surface area contributed by atoms with E-state index in [9.17, 15) is 0 Å². The molecule has 0 aliphatic carbocycles. The molecule has 0 aliphatic rings. The van der Waals surface area contributed by atoms with E-state index in [1.807, 2.05) is 60.8 Å². The Morgan fingerprint density at radius 1 is 1.08 bits per heavy atom. The van der Waals surface area contributed by atoms with Gasteiger partial charge in [-0.1, -0.05) is 30.3 Å². The van der Waals surface area contributed by atoms with E-state index < -0.39 is 0 Å². The van der Waals surface area contributed by atoms with Gasteiger partial charge in [0.25, 0.3) is 0 Å². The highest BCUT2D eigenvalue weighted by Gasteiger charge is 2.05. The summed E-state index contributed by atoms with van der Waals surface area (Å²) < 4.78 is 0. The third-order valence-electron chi connectivity index (χ3n) is 3.90. The summed E-state index contributed by atoms with van der Waals surface area (Å²) in [6.07, 6.45) is 3.42. The Hall–Kier alpha value is -4.05. The summed E-state index contributed by atoms with van der Waals surface area (Å²) >= 11 is 0. The molecule has 4 rings (SSSR count). The molecule has 0 atom stereocenters. The van der Waals surface area contributed by atoms with E-state index in [4.69, 9.17) is 5.26 Å². The van der Waals surface area contributed by atoms with Crippen molar-refractivity contribution in [3.63, 3.8) is 0 Å². The van der Waals surface area contributed by atoms with Crippen molar-refractivity contribution in [2.75, 3.05) is 5.32 Å². The Balaban J connectivity index is 1.55. The number of aromatic amines is 1. The molecule has 0 saturated heterocycles. The third-order valence-corrected chi connectivity index (χ3v) is 3.90. The summed E-state index contributed by atoms with van der Waals surface area (Å²) in [5.41, 5.74) is 4.23. The number of nitriles is 1. The lowest BCUT2D eigenvalue weighted by atomic mass is 10.1. The zero-order valence-electron chi connectivity index (χ0n) is 13.6. The molecule has 7 nitrogen and oxygen atoms in total. The van der Waals surface area contributed by atoms with Crippen molar-refractivity contribution in [1.29, 1.82) is 5.26 Å². The van der Waals surface area contributed by atoms with Gasteiger partial charge in [0.2, 0.25) is 5.82 Å². The minimum Gasteiger partial charge on any atom is -0.360 e.